The standard InChI is InChI=1S/C25H21Cl2N5O3S/c1-15-23(16(2)33)24(19-5-7-20(8-6-19)32(34)35)31(13-17-3-9-21(26)28-11-17)25(30-15)36-14-18-4-10-22(27)29-12-18/h3-12,24H,13-14H2,1-2H3. The molecule has 0 amide bonds. The summed E-state index contributed by atoms with van der Waals surface area (Å²) in [6, 6.07) is 13.0. The van der Waals surface area contributed by atoms with E-state index in [0.29, 0.717) is 39.0 Å². The van der Waals surface area contributed by atoms with E-state index in [-0.39, 0.29) is 11.5 Å². The number of nitro benzene ring substituents is 1. The van der Waals surface area contributed by atoms with E-state index in [0.717, 1.165) is 16.7 Å². The van der Waals surface area contributed by atoms with Crippen LogP contribution in [0.25, 0.3) is 0 Å². The first kappa shape index (κ1) is 25.8. The fourth-order valence-electron chi connectivity index (χ4n) is 3.91. The van der Waals surface area contributed by atoms with Crippen LogP contribution in [0.4, 0.5) is 5.69 Å². The Morgan fingerprint density at radius 1 is 1.03 bits per heavy atom. The molecule has 0 saturated carbocycles. The number of ketones is 1. The smallest absolute Gasteiger partial charge is 0.269 e. The largest absolute Gasteiger partial charge is 0.335 e. The molecule has 0 N–H and O–H groups in total. The highest BCUT2D eigenvalue weighted by atomic mass is 35.5. The Hall–Kier alpha value is -3.27. The summed E-state index contributed by atoms with van der Waals surface area (Å²) in [7, 11) is 0. The van der Waals surface area contributed by atoms with E-state index in [4.69, 9.17) is 28.2 Å². The number of rotatable bonds is 7. The van der Waals surface area contributed by atoms with E-state index in [1.54, 1.807) is 43.6 Å². The molecule has 3 aromatic rings. The Balaban J connectivity index is 1.77. The maximum Gasteiger partial charge on any atom is 0.269 e. The number of aliphatic imine (C=N–C) groups is 1. The van der Waals surface area contributed by atoms with Crippen molar-refractivity contribution in [1.82, 2.24) is 14.9 Å². The van der Waals surface area contributed by atoms with Crippen LogP contribution < -0.4 is 0 Å². The van der Waals surface area contributed by atoms with Gasteiger partial charge in [0, 0.05) is 48.1 Å². The highest BCUT2D eigenvalue weighted by molar-refractivity contribution is 8.13. The third kappa shape index (κ3) is 5.92. The summed E-state index contributed by atoms with van der Waals surface area (Å²) in [5.41, 5.74) is 3.69. The van der Waals surface area contributed by atoms with Gasteiger partial charge in [0.25, 0.3) is 5.69 Å². The van der Waals surface area contributed by atoms with Gasteiger partial charge in [0.05, 0.1) is 11.0 Å². The third-order valence-corrected chi connectivity index (χ3v) is 7.09. The lowest BCUT2D eigenvalue weighted by Gasteiger charge is -2.38. The number of hydrogen-bond acceptors (Lipinski definition) is 8. The number of thioether (sulfide) groups is 1. The third-order valence-electron chi connectivity index (χ3n) is 5.58. The molecule has 0 bridgehead atoms. The number of pyridine rings is 2. The Kier molecular flexibility index (Phi) is 8.03. The van der Waals surface area contributed by atoms with Crippen LogP contribution in [0, 0.1) is 10.1 Å². The summed E-state index contributed by atoms with van der Waals surface area (Å²) in [4.78, 5) is 38.7. The second kappa shape index (κ2) is 11.2. The van der Waals surface area contributed by atoms with Gasteiger partial charge in [-0.3, -0.25) is 14.9 Å². The quantitative estimate of drug-likeness (QED) is 0.193. The molecule has 184 valence electrons. The molecular weight excluding hydrogens is 521 g/mol. The van der Waals surface area contributed by atoms with Gasteiger partial charge in [-0.1, -0.05) is 47.1 Å². The van der Waals surface area contributed by atoms with Gasteiger partial charge >= 0.3 is 0 Å². The lowest BCUT2D eigenvalue weighted by molar-refractivity contribution is -0.384. The van der Waals surface area contributed by atoms with Crippen molar-refractivity contribution in [2.75, 3.05) is 0 Å². The van der Waals surface area contributed by atoms with Crippen molar-refractivity contribution in [3.05, 3.63) is 109 Å². The second-order valence-electron chi connectivity index (χ2n) is 8.10. The number of carbonyl (C=O) groups is 1. The van der Waals surface area contributed by atoms with Gasteiger partial charge in [-0.25, -0.2) is 15.0 Å². The monoisotopic (exact) mass is 541 g/mol. The van der Waals surface area contributed by atoms with Crippen molar-refractivity contribution in [3.8, 4) is 0 Å². The first-order valence-corrected chi connectivity index (χ1v) is 12.6. The Bertz CT molecular complexity index is 1340. The van der Waals surface area contributed by atoms with Crippen molar-refractivity contribution in [2.45, 2.75) is 32.2 Å². The summed E-state index contributed by atoms with van der Waals surface area (Å²) in [6.45, 7) is 3.70. The van der Waals surface area contributed by atoms with E-state index in [1.807, 2.05) is 17.0 Å². The maximum atomic E-state index is 12.8. The Morgan fingerprint density at radius 3 is 2.17 bits per heavy atom. The summed E-state index contributed by atoms with van der Waals surface area (Å²) >= 11 is 13.4. The zero-order chi connectivity index (χ0) is 25.8. The van der Waals surface area contributed by atoms with Gasteiger partial charge in [-0.2, -0.15) is 0 Å². The van der Waals surface area contributed by atoms with Crippen LogP contribution in [0.1, 0.15) is 36.6 Å². The summed E-state index contributed by atoms with van der Waals surface area (Å²) in [6.07, 6.45) is 3.39. The molecule has 1 atom stereocenters. The second-order valence-corrected chi connectivity index (χ2v) is 9.81. The number of nitrogens with zero attached hydrogens (tertiary/aromatic N) is 5. The number of hydrogen-bond donors (Lipinski definition) is 0. The number of nitro groups is 1. The van der Waals surface area contributed by atoms with Crippen molar-refractivity contribution < 1.29 is 9.72 Å². The summed E-state index contributed by atoms with van der Waals surface area (Å²) < 4.78 is 0. The number of Topliss-reactive ketones (excluding diaryl/α,β-unsaturated/α-hetero) is 1. The fraction of sp³-hybridized carbons (Fsp3) is 0.200. The topological polar surface area (TPSA) is 102 Å². The van der Waals surface area contributed by atoms with E-state index in [9.17, 15) is 14.9 Å². The Labute approximate surface area is 222 Å². The number of benzene rings is 1. The average Bonchev–Trinajstić information content (AvgIpc) is 2.85. The lowest BCUT2D eigenvalue weighted by Crippen LogP contribution is -2.38. The van der Waals surface area contributed by atoms with Gasteiger partial charge < -0.3 is 4.90 Å². The molecule has 36 heavy (non-hydrogen) atoms. The molecule has 4 rings (SSSR count). The number of non-ortho nitro benzene ring substituents is 1. The van der Waals surface area contributed by atoms with Crippen LogP contribution in [0.2, 0.25) is 10.3 Å². The summed E-state index contributed by atoms with van der Waals surface area (Å²) in [5, 5.41) is 12.7. The molecule has 0 radical (unpaired) electrons. The molecule has 1 unspecified atom stereocenters. The zero-order valence-electron chi connectivity index (χ0n) is 19.4. The van der Waals surface area contributed by atoms with Crippen molar-refractivity contribution in [3.63, 3.8) is 0 Å². The number of allylic oxidation sites excluding steroid dienone is 1. The first-order valence-electron chi connectivity index (χ1n) is 10.9. The van der Waals surface area contributed by atoms with Crippen LogP contribution in [0.3, 0.4) is 0 Å². The minimum absolute atomic E-state index is 0.0217. The molecule has 1 aliphatic heterocycles. The van der Waals surface area contributed by atoms with Gasteiger partial charge in [0.2, 0.25) is 0 Å². The van der Waals surface area contributed by atoms with Crippen molar-refractivity contribution in [1.29, 1.82) is 0 Å². The molecule has 0 saturated heterocycles. The van der Waals surface area contributed by atoms with Gasteiger partial charge in [0.1, 0.15) is 10.3 Å². The molecule has 1 aliphatic rings. The molecule has 0 aliphatic carbocycles. The van der Waals surface area contributed by atoms with Crippen LogP contribution in [-0.2, 0) is 17.1 Å². The van der Waals surface area contributed by atoms with E-state index in [1.165, 1.54) is 30.8 Å². The molecular formula is C25H21Cl2N5O3S. The van der Waals surface area contributed by atoms with Gasteiger partial charge in [0.15, 0.2) is 11.0 Å². The van der Waals surface area contributed by atoms with E-state index in [2.05, 4.69) is 9.97 Å². The molecule has 0 spiro atoms. The highest BCUT2D eigenvalue weighted by Crippen LogP contribution is 2.39. The van der Waals surface area contributed by atoms with Crippen LogP contribution in [0.15, 0.2) is 77.2 Å². The minimum Gasteiger partial charge on any atom is -0.335 e. The van der Waals surface area contributed by atoms with Crippen LogP contribution in [0.5, 0.6) is 0 Å². The lowest BCUT2D eigenvalue weighted by atomic mass is 9.91. The first-order chi connectivity index (χ1) is 17.2. The number of aromatic nitrogens is 2. The summed E-state index contributed by atoms with van der Waals surface area (Å²) in [5.74, 6) is 0.457. The van der Waals surface area contributed by atoms with Crippen LogP contribution >= 0.6 is 35.0 Å². The fourth-order valence-corrected chi connectivity index (χ4v) is 5.14. The molecule has 3 heterocycles. The van der Waals surface area contributed by atoms with Gasteiger partial charge in [-0.05, 0) is 54.8 Å². The molecule has 8 nitrogen and oxygen atoms in total. The van der Waals surface area contributed by atoms with E-state index < -0.39 is 11.0 Å². The van der Waals surface area contributed by atoms with Gasteiger partial charge in [-0.15, -0.1) is 0 Å². The minimum atomic E-state index is -0.498. The van der Waals surface area contributed by atoms with E-state index >= 15 is 0 Å². The number of amidine groups is 1. The SMILES string of the molecule is CC(=O)C1=C(C)N=C(SCc2ccc(Cl)nc2)N(Cc2ccc(Cl)nc2)C1c1ccc([N+](=O)[O-])cc1. The predicted molar refractivity (Wildman–Crippen MR) is 142 cm³/mol. The Morgan fingerprint density at radius 2 is 1.64 bits per heavy atom. The van der Waals surface area contributed by atoms with Crippen molar-refractivity contribution in [2.24, 2.45) is 4.99 Å². The maximum absolute atomic E-state index is 12.8. The zero-order valence-corrected chi connectivity index (χ0v) is 21.7. The molecule has 11 heteroatoms. The molecule has 1 aromatic carbocycles. The van der Waals surface area contributed by atoms with Crippen molar-refractivity contribution >= 4 is 51.6 Å². The highest BCUT2D eigenvalue weighted by Gasteiger charge is 2.35. The number of halogens is 2. The van der Waals surface area contributed by atoms with Crippen LogP contribution in [-0.4, -0.2) is 30.7 Å². The normalized spacial score (nSPS) is 15.6. The molecule has 2 aromatic heterocycles. The predicted octanol–water partition coefficient (Wildman–Crippen LogP) is 6.40. The average molecular weight is 542 g/mol. The number of carbonyl (C=O) groups excluding carboxylic acids is 1. The molecule has 0 fully saturated rings.